The number of non-ortho nitro benzene ring substituents is 1. The first-order valence-corrected chi connectivity index (χ1v) is 10.1. The minimum Gasteiger partial charge on any atom is -0.478 e. The maximum atomic E-state index is 13.4. The fourth-order valence-electron chi connectivity index (χ4n) is 3.48. The third-order valence-electron chi connectivity index (χ3n) is 4.69. The van der Waals surface area contributed by atoms with Gasteiger partial charge >= 0.3 is 5.97 Å². The molecule has 1 aliphatic rings. The second-order valence-electron chi connectivity index (χ2n) is 6.56. The van der Waals surface area contributed by atoms with E-state index in [1.807, 2.05) is 0 Å². The van der Waals surface area contributed by atoms with Crippen LogP contribution in [0.25, 0.3) is 0 Å². The average molecular weight is 414 g/mol. The minimum atomic E-state index is -4.08. The Morgan fingerprint density at radius 2 is 1.72 bits per heavy atom. The van der Waals surface area contributed by atoms with E-state index in [4.69, 9.17) is 0 Å². The second kappa shape index (κ2) is 7.51. The van der Waals surface area contributed by atoms with E-state index in [2.05, 4.69) is 5.32 Å². The number of benzene rings is 2. The highest BCUT2D eigenvalue weighted by molar-refractivity contribution is 7.95. The molecule has 2 aromatic carbocycles. The number of nitro groups is 1. The average Bonchev–Trinajstić information content (AvgIpc) is 2.67. The second-order valence-corrected chi connectivity index (χ2v) is 8.48. The van der Waals surface area contributed by atoms with Crippen molar-refractivity contribution in [1.82, 2.24) is 5.32 Å². The fourth-order valence-corrected chi connectivity index (χ4v) is 5.27. The van der Waals surface area contributed by atoms with E-state index in [1.165, 1.54) is 43.3 Å². The molecule has 1 unspecified atom stereocenters. The molecule has 1 atom stereocenters. The van der Waals surface area contributed by atoms with E-state index < -0.39 is 26.6 Å². The number of allylic oxidation sites excluding steroid dienone is 3. The summed E-state index contributed by atoms with van der Waals surface area (Å²) in [6.07, 6.45) is 0. The van der Waals surface area contributed by atoms with Gasteiger partial charge in [-0.15, -0.1) is 0 Å². The van der Waals surface area contributed by atoms with Crippen molar-refractivity contribution in [2.24, 2.45) is 0 Å². The summed E-state index contributed by atoms with van der Waals surface area (Å²) in [5, 5.41) is 23.9. The Bertz CT molecular complexity index is 1170. The van der Waals surface area contributed by atoms with Gasteiger partial charge in [0, 0.05) is 23.5 Å². The molecule has 1 heterocycles. The SMILES string of the molecule is CC1=C(C(=O)O)C(c2cccc([N+](=O)[O-])c2)C(S(=O)(=O)c2ccccc2)=C(C)N1. The van der Waals surface area contributed by atoms with Crippen LogP contribution in [0.3, 0.4) is 0 Å². The van der Waals surface area contributed by atoms with Crippen molar-refractivity contribution in [3.8, 4) is 0 Å². The first-order chi connectivity index (χ1) is 13.6. The maximum absolute atomic E-state index is 13.4. The van der Waals surface area contributed by atoms with Gasteiger partial charge in [-0.3, -0.25) is 10.1 Å². The highest BCUT2D eigenvalue weighted by Gasteiger charge is 2.40. The monoisotopic (exact) mass is 414 g/mol. The van der Waals surface area contributed by atoms with Crippen LogP contribution in [0, 0.1) is 10.1 Å². The molecule has 0 saturated carbocycles. The third-order valence-corrected chi connectivity index (χ3v) is 6.70. The Labute approximate surface area is 167 Å². The highest BCUT2D eigenvalue weighted by Crippen LogP contribution is 2.43. The van der Waals surface area contributed by atoms with Crippen molar-refractivity contribution in [2.45, 2.75) is 24.7 Å². The minimum absolute atomic E-state index is 0.0101. The first-order valence-electron chi connectivity index (χ1n) is 8.61. The molecule has 0 bridgehead atoms. The molecular formula is C20H18N2O6S. The van der Waals surface area contributed by atoms with E-state index in [9.17, 15) is 28.4 Å². The van der Waals surface area contributed by atoms with E-state index in [-0.39, 0.29) is 38.0 Å². The molecule has 0 spiro atoms. The van der Waals surface area contributed by atoms with Crippen molar-refractivity contribution in [2.75, 3.05) is 0 Å². The largest absolute Gasteiger partial charge is 0.478 e. The number of aliphatic carboxylic acids is 1. The number of hydrogen-bond acceptors (Lipinski definition) is 6. The van der Waals surface area contributed by atoms with E-state index >= 15 is 0 Å². The van der Waals surface area contributed by atoms with Crippen molar-refractivity contribution in [3.63, 3.8) is 0 Å². The Morgan fingerprint density at radius 1 is 1.07 bits per heavy atom. The Balaban J connectivity index is 2.31. The summed E-state index contributed by atoms with van der Waals surface area (Å²) in [6.45, 7) is 3.07. The smallest absolute Gasteiger partial charge is 0.334 e. The van der Waals surface area contributed by atoms with Gasteiger partial charge in [-0.05, 0) is 31.5 Å². The lowest BCUT2D eigenvalue weighted by Crippen LogP contribution is -2.31. The summed E-state index contributed by atoms with van der Waals surface area (Å²) >= 11 is 0. The van der Waals surface area contributed by atoms with E-state index in [1.54, 1.807) is 25.1 Å². The number of nitrogens with zero attached hydrogens (tertiary/aromatic N) is 1. The van der Waals surface area contributed by atoms with E-state index in [0.29, 0.717) is 0 Å². The molecule has 1 aliphatic heterocycles. The maximum Gasteiger partial charge on any atom is 0.334 e. The standard InChI is InChI=1S/C20H18N2O6S/c1-12-17(20(23)24)18(14-7-6-8-15(11-14)22(25)26)19(13(2)21-12)29(27,28)16-9-4-3-5-10-16/h3-11,18,21H,1-2H3,(H,23,24). The topological polar surface area (TPSA) is 127 Å². The molecule has 2 N–H and O–H groups in total. The number of carbonyl (C=O) groups is 1. The molecular weight excluding hydrogens is 396 g/mol. The Morgan fingerprint density at radius 3 is 2.31 bits per heavy atom. The van der Waals surface area contributed by atoms with Gasteiger partial charge < -0.3 is 10.4 Å². The van der Waals surface area contributed by atoms with Crippen LogP contribution in [0.2, 0.25) is 0 Å². The predicted molar refractivity (Wildman–Crippen MR) is 106 cm³/mol. The van der Waals surface area contributed by atoms with Crippen LogP contribution in [-0.2, 0) is 14.6 Å². The van der Waals surface area contributed by atoms with Gasteiger partial charge in [-0.2, -0.15) is 0 Å². The van der Waals surface area contributed by atoms with Gasteiger partial charge in [0.25, 0.3) is 5.69 Å². The van der Waals surface area contributed by atoms with Crippen molar-refractivity contribution in [3.05, 3.63) is 92.1 Å². The number of nitrogens with one attached hydrogen (secondary N) is 1. The summed E-state index contributed by atoms with van der Waals surface area (Å²) in [7, 11) is -4.08. The summed E-state index contributed by atoms with van der Waals surface area (Å²) in [5.41, 5.74) is 0.334. The lowest BCUT2D eigenvalue weighted by Gasteiger charge is -2.30. The summed E-state index contributed by atoms with van der Waals surface area (Å²) < 4.78 is 26.9. The van der Waals surface area contributed by atoms with Crippen LogP contribution in [0.1, 0.15) is 25.3 Å². The predicted octanol–water partition coefficient (Wildman–Crippen LogP) is 3.35. The molecule has 0 amide bonds. The molecule has 0 radical (unpaired) electrons. The van der Waals surface area contributed by atoms with Crippen LogP contribution in [0.4, 0.5) is 5.69 Å². The Kier molecular flexibility index (Phi) is 5.25. The van der Waals surface area contributed by atoms with Crippen LogP contribution in [0.5, 0.6) is 0 Å². The first kappa shape index (κ1) is 20.3. The molecule has 8 nitrogen and oxygen atoms in total. The molecule has 0 aromatic heterocycles. The van der Waals surface area contributed by atoms with Gasteiger partial charge in [0.15, 0.2) is 0 Å². The molecule has 9 heteroatoms. The van der Waals surface area contributed by atoms with Crippen molar-refractivity contribution in [1.29, 1.82) is 0 Å². The quantitative estimate of drug-likeness (QED) is 0.567. The van der Waals surface area contributed by atoms with Gasteiger partial charge in [0.1, 0.15) is 0 Å². The van der Waals surface area contributed by atoms with Crippen LogP contribution >= 0.6 is 0 Å². The fraction of sp³-hybridized carbons (Fsp3) is 0.150. The number of hydrogen-bond donors (Lipinski definition) is 2. The number of dihydropyridines is 1. The molecule has 150 valence electrons. The lowest BCUT2D eigenvalue weighted by molar-refractivity contribution is -0.384. The van der Waals surface area contributed by atoms with Crippen LogP contribution in [-0.4, -0.2) is 24.4 Å². The number of carboxylic acid groups (broad SMARTS) is 1. The number of sulfone groups is 1. The zero-order chi connectivity index (χ0) is 21.3. The van der Waals surface area contributed by atoms with Crippen molar-refractivity contribution >= 4 is 21.5 Å². The number of nitro benzene ring substituents is 1. The molecule has 3 rings (SSSR count). The summed E-state index contributed by atoms with van der Waals surface area (Å²) in [6, 6.07) is 13.0. The molecule has 2 aromatic rings. The van der Waals surface area contributed by atoms with Crippen LogP contribution in [0.15, 0.2) is 81.4 Å². The number of carboxylic acids is 1. The van der Waals surface area contributed by atoms with Crippen LogP contribution < -0.4 is 5.32 Å². The Hall–Kier alpha value is -3.46. The third kappa shape index (κ3) is 3.64. The zero-order valence-electron chi connectivity index (χ0n) is 15.6. The van der Waals surface area contributed by atoms with Gasteiger partial charge in [0.2, 0.25) is 9.84 Å². The van der Waals surface area contributed by atoms with Gasteiger partial charge in [0.05, 0.1) is 26.2 Å². The molecule has 0 fully saturated rings. The lowest BCUT2D eigenvalue weighted by atomic mass is 9.86. The zero-order valence-corrected chi connectivity index (χ0v) is 16.4. The van der Waals surface area contributed by atoms with Gasteiger partial charge in [-0.25, -0.2) is 13.2 Å². The van der Waals surface area contributed by atoms with Crippen molar-refractivity contribution < 1.29 is 23.2 Å². The molecule has 0 saturated heterocycles. The van der Waals surface area contributed by atoms with Gasteiger partial charge in [-0.1, -0.05) is 30.3 Å². The molecule has 29 heavy (non-hydrogen) atoms. The summed E-state index contributed by atoms with van der Waals surface area (Å²) in [4.78, 5) is 22.5. The summed E-state index contributed by atoms with van der Waals surface area (Å²) in [5.74, 6) is -2.50. The molecule has 0 aliphatic carbocycles. The highest BCUT2D eigenvalue weighted by atomic mass is 32.2. The normalized spacial score (nSPS) is 17.1. The number of rotatable bonds is 5. The van der Waals surface area contributed by atoms with E-state index in [0.717, 1.165) is 0 Å².